The lowest BCUT2D eigenvalue weighted by Gasteiger charge is -2.52. The monoisotopic (exact) mass is 254 g/mol. The van der Waals surface area contributed by atoms with Crippen molar-refractivity contribution in [1.82, 2.24) is 0 Å². The van der Waals surface area contributed by atoms with Crippen molar-refractivity contribution in [2.45, 2.75) is 45.3 Å². The third kappa shape index (κ3) is 1.42. The van der Waals surface area contributed by atoms with Gasteiger partial charge in [0, 0.05) is 11.3 Å². The Morgan fingerprint density at radius 3 is 2.72 bits per heavy atom. The molecule has 0 spiro atoms. The fourth-order valence-electron chi connectivity index (χ4n) is 3.76. The second-order valence-electron chi connectivity index (χ2n) is 5.90. The minimum atomic E-state index is -1.25. The number of aliphatic hydroxyl groups excluding tert-OH is 1. The number of aliphatic hydroxyl groups is 2. The van der Waals surface area contributed by atoms with Gasteiger partial charge in [-0.1, -0.05) is 25.5 Å². The van der Waals surface area contributed by atoms with Crippen LogP contribution in [0.5, 0.6) is 0 Å². The van der Waals surface area contributed by atoms with E-state index in [0.29, 0.717) is 12.8 Å². The Labute approximate surface area is 108 Å². The Morgan fingerprint density at radius 2 is 2.17 bits per heavy atom. The topological polar surface area (TPSA) is 66.8 Å². The van der Waals surface area contributed by atoms with Gasteiger partial charge in [-0.05, 0) is 19.8 Å². The maximum absolute atomic E-state index is 11.9. The van der Waals surface area contributed by atoms with E-state index in [1.807, 2.05) is 20.8 Å². The van der Waals surface area contributed by atoms with E-state index >= 15 is 0 Å². The summed E-state index contributed by atoms with van der Waals surface area (Å²) in [5, 5.41) is 21.2. The quantitative estimate of drug-likeness (QED) is 0.546. The van der Waals surface area contributed by atoms with E-state index in [1.165, 1.54) is 7.11 Å². The standard InChI is InChI=1S/C14H22O4/c1-8-7-10(12(16)18-4)14(17)9(2)11(15)5-6-13(8,14)3/h7,9-11,15,17H,5-6H2,1-4H3/t9-,10+,11+,13+,14+/m1/s1. The highest BCUT2D eigenvalue weighted by molar-refractivity contribution is 5.78. The van der Waals surface area contributed by atoms with Crippen LogP contribution in [0.1, 0.15) is 33.6 Å². The predicted molar refractivity (Wildman–Crippen MR) is 66.7 cm³/mol. The molecule has 0 bridgehead atoms. The number of carbonyl (C=O) groups is 1. The smallest absolute Gasteiger partial charge is 0.315 e. The van der Waals surface area contributed by atoms with Crippen LogP contribution in [-0.4, -0.2) is 35.0 Å². The first-order valence-electron chi connectivity index (χ1n) is 6.46. The van der Waals surface area contributed by atoms with E-state index < -0.39 is 29.0 Å². The van der Waals surface area contributed by atoms with E-state index in [9.17, 15) is 15.0 Å². The SMILES string of the molecule is COC(=O)[C@@H]1C=C(C)[C@]2(C)CC[C@H](O)[C@@H](C)[C@]12O. The summed E-state index contributed by atoms with van der Waals surface area (Å²) in [6, 6.07) is 0. The normalized spacial score (nSPS) is 47.4. The number of esters is 1. The second-order valence-corrected chi connectivity index (χ2v) is 5.90. The molecule has 2 aliphatic carbocycles. The minimum Gasteiger partial charge on any atom is -0.468 e. The second kappa shape index (κ2) is 4.07. The molecule has 2 rings (SSSR count). The number of fused-ring (bicyclic) bond motifs is 1. The Morgan fingerprint density at radius 1 is 1.56 bits per heavy atom. The van der Waals surface area contributed by atoms with Crippen molar-refractivity contribution < 1.29 is 19.7 Å². The molecule has 0 radical (unpaired) electrons. The molecular formula is C14H22O4. The zero-order valence-corrected chi connectivity index (χ0v) is 11.4. The summed E-state index contributed by atoms with van der Waals surface area (Å²) in [5.41, 5.74) is -0.689. The van der Waals surface area contributed by atoms with Crippen LogP contribution in [0.2, 0.25) is 0 Å². The van der Waals surface area contributed by atoms with Gasteiger partial charge in [-0.3, -0.25) is 4.79 Å². The predicted octanol–water partition coefficient (Wildman–Crippen LogP) is 1.26. The third-order valence-corrected chi connectivity index (χ3v) is 5.31. The Hall–Kier alpha value is -0.870. The molecule has 2 N–H and O–H groups in total. The van der Waals surface area contributed by atoms with Crippen LogP contribution in [0, 0.1) is 17.3 Å². The lowest BCUT2D eigenvalue weighted by molar-refractivity contribution is -0.190. The van der Waals surface area contributed by atoms with Crippen LogP contribution < -0.4 is 0 Å². The molecule has 1 saturated carbocycles. The molecule has 5 atom stereocenters. The number of hydrogen-bond donors (Lipinski definition) is 2. The zero-order chi connectivity index (χ0) is 13.7. The van der Waals surface area contributed by atoms with E-state index in [0.717, 1.165) is 5.57 Å². The Bertz CT molecular complexity index is 403. The third-order valence-electron chi connectivity index (χ3n) is 5.31. The largest absolute Gasteiger partial charge is 0.468 e. The van der Waals surface area contributed by atoms with Crippen molar-refractivity contribution in [2.75, 3.05) is 7.11 Å². The van der Waals surface area contributed by atoms with E-state index in [2.05, 4.69) is 0 Å². The number of rotatable bonds is 1. The lowest BCUT2D eigenvalue weighted by atomic mass is 9.56. The molecule has 0 aliphatic heterocycles. The van der Waals surface area contributed by atoms with Crippen LogP contribution in [0.3, 0.4) is 0 Å². The van der Waals surface area contributed by atoms with E-state index in [1.54, 1.807) is 6.08 Å². The molecule has 0 aromatic carbocycles. The van der Waals surface area contributed by atoms with Crippen molar-refractivity contribution in [3.8, 4) is 0 Å². The van der Waals surface area contributed by atoms with Crippen molar-refractivity contribution in [3.05, 3.63) is 11.6 Å². The van der Waals surface area contributed by atoms with Crippen LogP contribution >= 0.6 is 0 Å². The molecule has 0 amide bonds. The first-order chi connectivity index (χ1) is 8.29. The Balaban J connectivity index is 2.50. The van der Waals surface area contributed by atoms with Gasteiger partial charge in [0.15, 0.2) is 0 Å². The van der Waals surface area contributed by atoms with Crippen molar-refractivity contribution >= 4 is 5.97 Å². The van der Waals surface area contributed by atoms with Gasteiger partial charge < -0.3 is 14.9 Å². The molecule has 2 aliphatic rings. The number of methoxy groups -OCH3 is 1. The fraction of sp³-hybridized carbons (Fsp3) is 0.786. The summed E-state index contributed by atoms with van der Waals surface area (Å²) in [6.07, 6.45) is 2.57. The van der Waals surface area contributed by atoms with Crippen molar-refractivity contribution in [3.63, 3.8) is 0 Å². The molecule has 0 aromatic rings. The molecule has 0 saturated heterocycles. The highest BCUT2D eigenvalue weighted by atomic mass is 16.5. The summed E-state index contributed by atoms with van der Waals surface area (Å²) in [5.74, 6) is -1.46. The minimum absolute atomic E-state index is 0.353. The van der Waals surface area contributed by atoms with Gasteiger partial charge in [-0.2, -0.15) is 0 Å². The van der Waals surface area contributed by atoms with E-state index in [-0.39, 0.29) is 5.92 Å². The summed E-state index contributed by atoms with van der Waals surface area (Å²) < 4.78 is 4.80. The molecule has 4 nitrogen and oxygen atoms in total. The van der Waals surface area contributed by atoms with E-state index in [4.69, 9.17) is 4.74 Å². The van der Waals surface area contributed by atoms with Crippen molar-refractivity contribution in [1.29, 1.82) is 0 Å². The van der Waals surface area contributed by atoms with Gasteiger partial charge in [-0.25, -0.2) is 0 Å². The molecule has 1 fully saturated rings. The first kappa shape index (κ1) is 13.6. The molecule has 0 heterocycles. The van der Waals surface area contributed by atoms with Gasteiger partial charge >= 0.3 is 5.97 Å². The molecule has 4 heteroatoms. The molecule has 0 aromatic heterocycles. The summed E-state index contributed by atoms with van der Waals surface area (Å²) in [4.78, 5) is 11.9. The summed E-state index contributed by atoms with van der Waals surface area (Å²) in [6.45, 7) is 5.73. The average Bonchev–Trinajstić information content (AvgIpc) is 2.56. The van der Waals surface area contributed by atoms with Gasteiger partial charge in [0.25, 0.3) is 0 Å². The van der Waals surface area contributed by atoms with Crippen LogP contribution in [-0.2, 0) is 9.53 Å². The molecule has 102 valence electrons. The van der Waals surface area contributed by atoms with Crippen molar-refractivity contribution in [2.24, 2.45) is 17.3 Å². The maximum atomic E-state index is 11.9. The number of ether oxygens (including phenoxy) is 1. The lowest BCUT2D eigenvalue weighted by Crippen LogP contribution is -2.61. The van der Waals surface area contributed by atoms with Gasteiger partial charge in [0.1, 0.15) is 5.92 Å². The maximum Gasteiger partial charge on any atom is 0.315 e. The summed E-state index contributed by atoms with van der Waals surface area (Å²) >= 11 is 0. The van der Waals surface area contributed by atoms with Gasteiger partial charge in [-0.15, -0.1) is 0 Å². The first-order valence-corrected chi connectivity index (χ1v) is 6.46. The molecule has 0 unspecified atom stereocenters. The highest BCUT2D eigenvalue weighted by Crippen LogP contribution is 2.59. The highest BCUT2D eigenvalue weighted by Gasteiger charge is 2.64. The zero-order valence-electron chi connectivity index (χ0n) is 11.4. The molecule has 18 heavy (non-hydrogen) atoms. The summed E-state index contributed by atoms with van der Waals surface area (Å²) in [7, 11) is 1.33. The van der Waals surface area contributed by atoms with Crippen LogP contribution in [0.4, 0.5) is 0 Å². The average molecular weight is 254 g/mol. The Kier molecular flexibility index (Phi) is 3.06. The fourth-order valence-corrected chi connectivity index (χ4v) is 3.76. The van der Waals surface area contributed by atoms with Gasteiger partial charge in [0.2, 0.25) is 0 Å². The van der Waals surface area contributed by atoms with Crippen LogP contribution in [0.15, 0.2) is 11.6 Å². The molecular weight excluding hydrogens is 232 g/mol. The van der Waals surface area contributed by atoms with Gasteiger partial charge in [0.05, 0.1) is 18.8 Å². The van der Waals surface area contributed by atoms with Crippen LogP contribution in [0.25, 0.3) is 0 Å². The number of carbonyl (C=O) groups excluding carboxylic acids is 1. The number of hydrogen-bond acceptors (Lipinski definition) is 4.